The van der Waals surface area contributed by atoms with Crippen LogP contribution in [0.2, 0.25) is 5.02 Å². The van der Waals surface area contributed by atoms with Gasteiger partial charge in [-0.15, -0.1) is 0 Å². The summed E-state index contributed by atoms with van der Waals surface area (Å²) in [5.41, 5.74) is 10.5. The van der Waals surface area contributed by atoms with Gasteiger partial charge in [0, 0.05) is 31.0 Å². The van der Waals surface area contributed by atoms with Crippen LogP contribution in [0.5, 0.6) is 0 Å². The maximum absolute atomic E-state index is 9.61. The molecule has 4 aromatic rings. The van der Waals surface area contributed by atoms with Crippen molar-refractivity contribution in [1.29, 1.82) is 5.26 Å². The highest BCUT2D eigenvalue weighted by atomic mass is 35.5. The minimum atomic E-state index is -0.0303. The maximum atomic E-state index is 9.61. The fourth-order valence-electron chi connectivity index (χ4n) is 4.15. The number of anilines is 2. The molecule has 8 nitrogen and oxygen atoms in total. The third kappa shape index (κ3) is 4.09. The Balaban J connectivity index is 1.40. The fourth-order valence-corrected chi connectivity index (χ4v) is 4.37. The summed E-state index contributed by atoms with van der Waals surface area (Å²) in [4.78, 5) is 15.7. The number of nitrogens with zero attached hydrogens (tertiary/aromatic N) is 6. The van der Waals surface area contributed by atoms with E-state index in [1.54, 1.807) is 12.3 Å². The van der Waals surface area contributed by atoms with Gasteiger partial charge in [-0.2, -0.15) is 5.26 Å². The van der Waals surface area contributed by atoms with E-state index in [9.17, 15) is 5.26 Å². The zero-order valence-electron chi connectivity index (χ0n) is 18.1. The molecule has 4 heterocycles. The molecule has 1 unspecified atom stereocenters. The lowest BCUT2D eigenvalue weighted by Crippen LogP contribution is -2.26. The zero-order valence-corrected chi connectivity index (χ0v) is 18.9. The highest BCUT2D eigenvalue weighted by Crippen LogP contribution is 2.28. The van der Waals surface area contributed by atoms with Crippen molar-refractivity contribution in [3.8, 4) is 17.5 Å². The van der Waals surface area contributed by atoms with E-state index in [1.165, 1.54) is 11.9 Å². The second-order valence-electron chi connectivity index (χ2n) is 8.21. The summed E-state index contributed by atoms with van der Waals surface area (Å²) in [7, 11) is 0. The standard InChI is InChI=1S/C24H23ClN8/c1-15(16-4-6-19(7-5-16)32-10-8-18(27)14-32)30-24-29-12-17(11-26)22(31-24)21-13-28-23-20(25)3-2-9-33(21)23/h2-7,9,12-13,15,18H,8,10,14,27H2,1H3,(H,29,30,31)/t15-,18?/m0/s1. The quantitative estimate of drug-likeness (QED) is 0.464. The van der Waals surface area contributed by atoms with E-state index < -0.39 is 0 Å². The summed E-state index contributed by atoms with van der Waals surface area (Å²) in [5, 5.41) is 13.5. The smallest absolute Gasteiger partial charge is 0.223 e. The van der Waals surface area contributed by atoms with Crippen LogP contribution < -0.4 is 16.0 Å². The van der Waals surface area contributed by atoms with E-state index in [-0.39, 0.29) is 12.1 Å². The van der Waals surface area contributed by atoms with Crippen LogP contribution in [0.1, 0.15) is 30.5 Å². The molecule has 0 radical (unpaired) electrons. The number of rotatable bonds is 5. The van der Waals surface area contributed by atoms with Crippen LogP contribution >= 0.6 is 11.6 Å². The molecule has 9 heteroatoms. The van der Waals surface area contributed by atoms with Gasteiger partial charge in [-0.1, -0.05) is 23.7 Å². The number of fused-ring (bicyclic) bond motifs is 1. The van der Waals surface area contributed by atoms with Crippen molar-refractivity contribution >= 4 is 28.9 Å². The topological polar surface area (TPSA) is 108 Å². The van der Waals surface area contributed by atoms with E-state index in [0.29, 0.717) is 33.6 Å². The first-order valence-corrected chi connectivity index (χ1v) is 11.2. The molecule has 33 heavy (non-hydrogen) atoms. The number of halogens is 1. The molecule has 3 N–H and O–H groups in total. The lowest BCUT2D eigenvalue weighted by Gasteiger charge is -2.20. The van der Waals surface area contributed by atoms with E-state index in [0.717, 1.165) is 25.1 Å². The monoisotopic (exact) mass is 458 g/mol. The second kappa shape index (κ2) is 8.70. The van der Waals surface area contributed by atoms with E-state index >= 15 is 0 Å². The number of imidazole rings is 1. The molecule has 0 bridgehead atoms. The number of nitrogens with two attached hydrogens (primary N) is 1. The molecule has 1 aromatic carbocycles. The van der Waals surface area contributed by atoms with Crippen molar-refractivity contribution in [3.05, 3.63) is 71.1 Å². The van der Waals surface area contributed by atoms with E-state index in [1.807, 2.05) is 16.7 Å². The molecule has 1 fully saturated rings. The van der Waals surface area contributed by atoms with Gasteiger partial charge in [0.1, 0.15) is 11.8 Å². The maximum Gasteiger partial charge on any atom is 0.223 e. The Morgan fingerprint density at radius 3 is 2.76 bits per heavy atom. The molecular formula is C24H23ClN8. The molecule has 1 aliphatic heterocycles. The Hall–Kier alpha value is -3.67. The first-order chi connectivity index (χ1) is 16.0. The van der Waals surface area contributed by atoms with Crippen molar-refractivity contribution in [2.24, 2.45) is 5.73 Å². The summed E-state index contributed by atoms with van der Waals surface area (Å²) < 4.78 is 1.82. The van der Waals surface area contributed by atoms with Crippen LogP contribution in [-0.2, 0) is 0 Å². The van der Waals surface area contributed by atoms with Crippen LogP contribution in [0, 0.1) is 11.3 Å². The Labute approximate surface area is 196 Å². The molecular weight excluding hydrogens is 436 g/mol. The van der Waals surface area contributed by atoms with Gasteiger partial charge in [0.25, 0.3) is 0 Å². The van der Waals surface area contributed by atoms with Gasteiger partial charge in [-0.3, -0.25) is 4.40 Å². The van der Waals surface area contributed by atoms with Crippen LogP contribution in [0.4, 0.5) is 11.6 Å². The normalized spacial score (nSPS) is 16.7. The Morgan fingerprint density at radius 2 is 2.03 bits per heavy atom. The summed E-state index contributed by atoms with van der Waals surface area (Å²) >= 11 is 6.26. The van der Waals surface area contributed by atoms with Gasteiger partial charge in [-0.05, 0) is 43.2 Å². The number of aromatic nitrogens is 4. The van der Waals surface area contributed by atoms with Gasteiger partial charge >= 0.3 is 0 Å². The summed E-state index contributed by atoms with van der Waals surface area (Å²) in [6.07, 6.45) is 6.07. The van der Waals surface area contributed by atoms with Crippen molar-refractivity contribution in [2.75, 3.05) is 23.3 Å². The van der Waals surface area contributed by atoms with Crippen molar-refractivity contribution in [1.82, 2.24) is 19.4 Å². The number of benzene rings is 1. The second-order valence-corrected chi connectivity index (χ2v) is 8.62. The molecule has 0 amide bonds. The molecule has 1 saturated heterocycles. The molecule has 0 aliphatic carbocycles. The predicted octanol–water partition coefficient (Wildman–Crippen LogP) is 4.03. The number of hydrogen-bond acceptors (Lipinski definition) is 7. The van der Waals surface area contributed by atoms with E-state index in [4.69, 9.17) is 17.3 Å². The Kier molecular flexibility index (Phi) is 5.58. The molecule has 0 saturated carbocycles. The molecule has 166 valence electrons. The minimum Gasteiger partial charge on any atom is -0.370 e. The minimum absolute atomic E-state index is 0.0303. The van der Waals surface area contributed by atoms with Gasteiger partial charge in [0.05, 0.1) is 34.7 Å². The molecule has 0 spiro atoms. The zero-order chi connectivity index (χ0) is 22.9. The SMILES string of the molecule is C[C@H](Nc1ncc(C#N)c(-c2cnc3c(Cl)cccn23)n1)c1ccc(N2CCC(N)C2)cc1. The van der Waals surface area contributed by atoms with Crippen molar-refractivity contribution in [2.45, 2.75) is 25.4 Å². The summed E-state index contributed by atoms with van der Waals surface area (Å²) in [5.74, 6) is 0.433. The van der Waals surface area contributed by atoms with E-state index in [2.05, 4.69) is 62.4 Å². The molecule has 1 aliphatic rings. The van der Waals surface area contributed by atoms with Gasteiger partial charge in [-0.25, -0.2) is 15.0 Å². The van der Waals surface area contributed by atoms with Crippen LogP contribution in [0.3, 0.4) is 0 Å². The third-order valence-corrected chi connectivity index (χ3v) is 6.26. The lowest BCUT2D eigenvalue weighted by atomic mass is 10.1. The van der Waals surface area contributed by atoms with Crippen LogP contribution in [0.25, 0.3) is 17.0 Å². The van der Waals surface area contributed by atoms with Gasteiger partial charge in [0.15, 0.2) is 5.65 Å². The average Bonchev–Trinajstić information content (AvgIpc) is 3.46. The Bertz CT molecular complexity index is 1340. The number of pyridine rings is 1. The van der Waals surface area contributed by atoms with Gasteiger partial charge < -0.3 is 16.0 Å². The molecule has 5 rings (SSSR count). The third-order valence-electron chi connectivity index (χ3n) is 5.97. The van der Waals surface area contributed by atoms with Crippen molar-refractivity contribution < 1.29 is 0 Å². The van der Waals surface area contributed by atoms with Gasteiger partial charge in [0.2, 0.25) is 5.95 Å². The highest BCUT2D eigenvalue weighted by molar-refractivity contribution is 6.33. The molecule has 3 aromatic heterocycles. The fraction of sp³-hybridized carbons (Fsp3) is 0.250. The Morgan fingerprint density at radius 1 is 1.21 bits per heavy atom. The van der Waals surface area contributed by atoms with Crippen molar-refractivity contribution in [3.63, 3.8) is 0 Å². The first kappa shape index (κ1) is 21.2. The first-order valence-electron chi connectivity index (χ1n) is 10.8. The average molecular weight is 459 g/mol. The predicted molar refractivity (Wildman–Crippen MR) is 129 cm³/mol. The number of nitriles is 1. The lowest BCUT2D eigenvalue weighted by molar-refractivity contribution is 0.752. The highest BCUT2D eigenvalue weighted by Gasteiger charge is 2.20. The number of nitrogens with one attached hydrogen (secondary N) is 1. The largest absolute Gasteiger partial charge is 0.370 e. The summed E-state index contributed by atoms with van der Waals surface area (Å²) in [6.45, 7) is 3.93. The summed E-state index contributed by atoms with van der Waals surface area (Å²) in [6, 6.07) is 14.4. The number of hydrogen-bond donors (Lipinski definition) is 2. The molecule has 2 atom stereocenters. The van der Waals surface area contributed by atoms with Crippen LogP contribution in [-0.4, -0.2) is 38.5 Å². The van der Waals surface area contributed by atoms with Crippen LogP contribution in [0.15, 0.2) is 55.0 Å².